The van der Waals surface area contributed by atoms with Gasteiger partial charge >= 0.3 is 0 Å². The van der Waals surface area contributed by atoms with E-state index in [1.807, 2.05) is 0 Å². The molecule has 1 fully saturated rings. The molecule has 0 unspecified atom stereocenters. The fourth-order valence-corrected chi connectivity index (χ4v) is 1.21. The first-order chi connectivity index (χ1) is 6.75. The van der Waals surface area contributed by atoms with Crippen LogP contribution in [0.3, 0.4) is 0 Å². The number of nitrogen functional groups attached to an aromatic ring is 1. The molecule has 2 rings (SSSR count). The van der Waals surface area contributed by atoms with Gasteiger partial charge in [0.2, 0.25) is 5.95 Å². The third kappa shape index (κ3) is 1.93. The summed E-state index contributed by atoms with van der Waals surface area (Å²) in [5.41, 5.74) is 5.36. The van der Waals surface area contributed by atoms with Gasteiger partial charge in [-0.3, -0.25) is 0 Å². The second-order valence-corrected chi connectivity index (χ2v) is 3.30. The number of ether oxygens (including phenoxy) is 1. The van der Waals surface area contributed by atoms with Crippen molar-refractivity contribution in [2.75, 3.05) is 18.9 Å². The van der Waals surface area contributed by atoms with Gasteiger partial charge in [-0.2, -0.15) is 4.39 Å². The maximum atomic E-state index is 12.7. The van der Waals surface area contributed by atoms with Gasteiger partial charge in [-0.15, -0.1) is 0 Å². The molecule has 76 valence electrons. The molecule has 1 aliphatic heterocycles. The van der Waals surface area contributed by atoms with Crippen LogP contribution >= 0.6 is 0 Å². The van der Waals surface area contributed by atoms with Crippen LogP contribution in [0.2, 0.25) is 0 Å². The molecule has 1 saturated heterocycles. The number of anilines is 1. The minimum Gasteiger partial charge on any atom is -0.490 e. The van der Waals surface area contributed by atoms with Crippen molar-refractivity contribution < 1.29 is 9.13 Å². The second kappa shape index (κ2) is 3.79. The molecule has 1 aliphatic rings. The number of nitrogens with one attached hydrogen (secondary N) is 1. The van der Waals surface area contributed by atoms with Gasteiger partial charge in [0.1, 0.15) is 12.4 Å². The van der Waals surface area contributed by atoms with Crippen LogP contribution in [0.1, 0.15) is 6.42 Å². The lowest BCUT2D eigenvalue weighted by Crippen LogP contribution is -2.46. The van der Waals surface area contributed by atoms with E-state index in [2.05, 4.69) is 10.3 Å². The van der Waals surface area contributed by atoms with Crippen LogP contribution < -0.4 is 15.8 Å². The van der Waals surface area contributed by atoms with E-state index in [-0.39, 0.29) is 5.69 Å². The molecule has 2 heterocycles. The molecule has 1 aromatic heterocycles. The summed E-state index contributed by atoms with van der Waals surface area (Å²) in [6.45, 7) is 1.62. The fourth-order valence-electron chi connectivity index (χ4n) is 1.21. The van der Waals surface area contributed by atoms with E-state index >= 15 is 0 Å². The lowest BCUT2D eigenvalue weighted by atomic mass is 10.1. The summed E-state index contributed by atoms with van der Waals surface area (Å²) in [5, 5.41) is 3.19. The van der Waals surface area contributed by atoms with Crippen molar-refractivity contribution in [2.24, 2.45) is 0 Å². The van der Waals surface area contributed by atoms with Crippen molar-refractivity contribution in [3.05, 3.63) is 18.2 Å². The average molecular weight is 197 g/mol. The lowest BCUT2D eigenvalue weighted by Gasteiger charge is -2.27. The summed E-state index contributed by atoms with van der Waals surface area (Å²) in [6.07, 6.45) is 2.45. The summed E-state index contributed by atoms with van der Waals surface area (Å²) in [5.74, 6) is -0.142. The smallest absolute Gasteiger partial charge is 0.236 e. The highest BCUT2D eigenvalue weighted by atomic mass is 19.1. The predicted octanol–water partition coefficient (Wildman–Crippen LogP) is 0.544. The standard InChI is InChI=1S/C9H12FN3O/c10-9-8(11)3-7(4-13-9)14-5-6-1-2-12-6/h3-4,6,12H,1-2,5,11H2/t6-/m0/s1. The molecule has 0 amide bonds. The molecule has 3 N–H and O–H groups in total. The van der Waals surface area contributed by atoms with Crippen molar-refractivity contribution in [3.8, 4) is 5.75 Å². The highest BCUT2D eigenvalue weighted by Crippen LogP contribution is 2.16. The van der Waals surface area contributed by atoms with Gasteiger partial charge in [0.25, 0.3) is 0 Å². The Labute approximate surface area is 81.3 Å². The maximum Gasteiger partial charge on any atom is 0.236 e. The topological polar surface area (TPSA) is 60.2 Å². The van der Waals surface area contributed by atoms with Crippen molar-refractivity contribution in [2.45, 2.75) is 12.5 Å². The first kappa shape index (κ1) is 9.21. The highest BCUT2D eigenvalue weighted by molar-refractivity contribution is 5.41. The summed E-state index contributed by atoms with van der Waals surface area (Å²) < 4.78 is 18.0. The van der Waals surface area contributed by atoms with E-state index in [0.717, 1.165) is 13.0 Å². The lowest BCUT2D eigenvalue weighted by molar-refractivity contribution is 0.216. The Morgan fingerprint density at radius 3 is 3.07 bits per heavy atom. The molecule has 0 saturated carbocycles. The number of hydrogen-bond donors (Lipinski definition) is 2. The first-order valence-corrected chi connectivity index (χ1v) is 4.53. The van der Waals surface area contributed by atoms with Crippen molar-refractivity contribution in [3.63, 3.8) is 0 Å². The predicted molar refractivity (Wildman–Crippen MR) is 50.5 cm³/mol. The van der Waals surface area contributed by atoms with Crippen LogP contribution in [0.4, 0.5) is 10.1 Å². The van der Waals surface area contributed by atoms with Crippen LogP contribution in [0, 0.1) is 5.95 Å². The maximum absolute atomic E-state index is 12.7. The van der Waals surface area contributed by atoms with Gasteiger partial charge in [0, 0.05) is 12.1 Å². The van der Waals surface area contributed by atoms with E-state index < -0.39 is 5.95 Å². The Kier molecular flexibility index (Phi) is 2.49. The van der Waals surface area contributed by atoms with Crippen LogP contribution in [0.25, 0.3) is 0 Å². The van der Waals surface area contributed by atoms with Gasteiger partial charge in [0.15, 0.2) is 0 Å². The van der Waals surface area contributed by atoms with Crippen molar-refractivity contribution >= 4 is 5.69 Å². The SMILES string of the molecule is Nc1cc(OC[C@@H]2CCN2)cnc1F. The molecule has 0 bridgehead atoms. The minimum absolute atomic E-state index is 0.0177. The molecular formula is C9H12FN3O. The number of hydrogen-bond acceptors (Lipinski definition) is 4. The van der Waals surface area contributed by atoms with E-state index in [4.69, 9.17) is 10.5 Å². The number of nitrogens with two attached hydrogens (primary N) is 1. The van der Waals surface area contributed by atoms with Gasteiger partial charge in [-0.25, -0.2) is 4.98 Å². The van der Waals surface area contributed by atoms with Gasteiger partial charge in [-0.05, 0) is 13.0 Å². The molecule has 5 heteroatoms. The normalized spacial score (nSPS) is 20.2. The van der Waals surface area contributed by atoms with E-state index in [1.165, 1.54) is 12.3 Å². The second-order valence-electron chi connectivity index (χ2n) is 3.30. The third-order valence-electron chi connectivity index (χ3n) is 2.22. The summed E-state index contributed by atoms with van der Waals surface area (Å²) >= 11 is 0. The van der Waals surface area contributed by atoms with Gasteiger partial charge < -0.3 is 15.8 Å². The molecule has 0 aromatic carbocycles. The number of aromatic nitrogens is 1. The molecule has 0 radical (unpaired) electrons. The van der Waals surface area contributed by atoms with Gasteiger partial charge in [0.05, 0.1) is 11.9 Å². The number of rotatable bonds is 3. The van der Waals surface area contributed by atoms with Crippen LogP contribution in [-0.4, -0.2) is 24.2 Å². The molecule has 0 aliphatic carbocycles. The highest BCUT2D eigenvalue weighted by Gasteiger charge is 2.16. The number of halogens is 1. The van der Waals surface area contributed by atoms with E-state index in [9.17, 15) is 4.39 Å². The van der Waals surface area contributed by atoms with E-state index in [0.29, 0.717) is 18.4 Å². The largest absolute Gasteiger partial charge is 0.490 e. The summed E-state index contributed by atoms with van der Waals surface area (Å²) in [4.78, 5) is 3.46. The zero-order valence-corrected chi connectivity index (χ0v) is 7.66. The third-order valence-corrected chi connectivity index (χ3v) is 2.22. The van der Waals surface area contributed by atoms with E-state index in [1.54, 1.807) is 0 Å². The van der Waals surface area contributed by atoms with Crippen LogP contribution in [0.15, 0.2) is 12.3 Å². The summed E-state index contributed by atoms with van der Waals surface area (Å²) in [7, 11) is 0. The molecular weight excluding hydrogens is 185 g/mol. The number of nitrogens with zero attached hydrogens (tertiary/aromatic N) is 1. The minimum atomic E-state index is -0.654. The van der Waals surface area contributed by atoms with Crippen molar-refractivity contribution in [1.82, 2.24) is 10.3 Å². The fraction of sp³-hybridized carbons (Fsp3) is 0.444. The average Bonchev–Trinajstić information content (AvgIpc) is 2.08. The quantitative estimate of drug-likeness (QED) is 0.694. The molecule has 1 aromatic rings. The Hall–Kier alpha value is -1.36. The van der Waals surface area contributed by atoms with Crippen LogP contribution in [0.5, 0.6) is 5.75 Å². The summed E-state index contributed by atoms with van der Waals surface area (Å²) in [6, 6.07) is 1.85. The zero-order chi connectivity index (χ0) is 9.97. The van der Waals surface area contributed by atoms with Crippen molar-refractivity contribution in [1.29, 1.82) is 0 Å². The zero-order valence-electron chi connectivity index (χ0n) is 7.66. The Bertz CT molecular complexity index is 328. The molecule has 1 atom stereocenters. The Balaban J connectivity index is 1.91. The molecule has 14 heavy (non-hydrogen) atoms. The molecule has 4 nitrogen and oxygen atoms in total. The number of pyridine rings is 1. The Morgan fingerprint density at radius 2 is 2.50 bits per heavy atom. The molecule has 0 spiro atoms. The van der Waals surface area contributed by atoms with Crippen LogP contribution in [-0.2, 0) is 0 Å². The Morgan fingerprint density at radius 1 is 1.71 bits per heavy atom. The first-order valence-electron chi connectivity index (χ1n) is 4.53. The monoisotopic (exact) mass is 197 g/mol. The van der Waals surface area contributed by atoms with Gasteiger partial charge in [-0.1, -0.05) is 0 Å².